The molecule has 1 aromatic heterocycles. The highest BCUT2D eigenvalue weighted by Crippen LogP contribution is 2.28. The van der Waals surface area contributed by atoms with Crippen LogP contribution in [0.5, 0.6) is 0 Å². The average Bonchev–Trinajstić information content (AvgIpc) is 3.28. The molecule has 28 heavy (non-hydrogen) atoms. The number of urea groups is 1. The van der Waals surface area contributed by atoms with E-state index in [0.717, 1.165) is 36.2 Å². The lowest BCUT2D eigenvalue weighted by molar-refractivity contribution is -0.123. The summed E-state index contributed by atoms with van der Waals surface area (Å²) in [5.74, 6) is -1.08. The first-order valence-electron chi connectivity index (χ1n) is 9.36. The maximum Gasteiger partial charge on any atom is 0.359 e. The molecular formula is C20H24N4O4. The van der Waals surface area contributed by atoms with E-state index in [1.54, 1.807) is 4.68 Å². The third-order valence-electron chi connectivity index (χ3n) is 4.38. The summed E-state index contributed by atoms with van der Waals surface area (Å²) in [6.45, 7) is 3.79. The van der Waals surface area contributed by atoms with E-state index in [0.29, 0.717) is 6.54 Å². The average molecular weight is 384 g/mol. The third kappa shape index (κ3) is 4.57. The standard InChI is InChI=1S/C20H24N4O4/c1-13(2)11-21-20(27)22-17(25)12-28-19(26)18-15-9-6-10-16(15)24(23-18)14-7-4-3-5-8-14/h3-5,7-8,13H,6,9-12H2,1-2H3,(H2,21,22,25,27). The van der Waals surface area contributed by atoms with Gasteiger partial charge in [-0.1, -0.05) is 32.0 Å². The molecule has 1 heterocycles. The van der Waals surface area contributed by atoms with Crippen LogP contribution in [0.15, 0.2) is 30.3 Å². The number of carbonyl (C=O) groups excluding carboxylic acids is 3. The Kier molecular flexibility index (Phi) is 6.08. The zero-order chi connectivity index (χ0) is 20.1. The lowest BCUT2D eigenvalue weighted by Gasteiger charge is -2.08. The normalized spacial score (nSPS) is 12.5. The van der Waals surface area contributed by atoms with Crippen LogP contribution in [-0.2, 0) is 22.4 Å². The van der Waals surface area contributed by atoms with Crippen LogP contribution < -0.4 is 10.6 Å². The molecule has 8 nitrogen and oxygen atoms in total. The number of amides is 3. The highest BCUT2D eigenvalue weighted by atomic mass is 16.5. The van der Waals surface area contributed by atoms with Crippen LogP contribution in [0.4, 0.5) is 4.79 Å². The molecule has 0 bridgehead atoms. The van der Waals surface area contributed by atoms with Crippen molar-refractivity contribution in [3.63, 3.8) is 0 Å². The number of benzene rings is 1. The summed E-state index contributed by atoms with van der Waals surface area (Å²) in [7, 11) is 0. The summed E-state index contributed by atoms with van der Waals surface area (Å²) in [6.07, 6.45) is 2.52. The number of nitrogens with one attached hydrogen (secondary N) is 2. The predicted molar refractivity (Wildman–Crippen MR) is 102 cm³/mol. The minimum Gasteiger partial charge on any atom is -0.451 e. The van der Waals surface area contributed by atoms with Crippen LogP contribution in [0.3, 0.4) is 0 Å². The van der Waals surface area contributed by atoms with Crippen LogP contribution in [0, 0.1) is 5.92 Å². The molecule has 0 atom stereocenters. The van der Waals surface area contributed by atoms with Crippen LogP contribution in [-0.4, -0.2) is 40.8 Å². The Bertz CT molecular complexity index is 874. The predicted octanol–water partition coefficient (Wildman–Crippen LogP) is 2.00. The smallest absolute Gasteiger partial charge is 0.359 e. The van der Waals surface area contributed by atoms with Gasteiger partial charge in [-0.25, -0.2) is 14.3 Å². The van der Waals surface area contributed by atoms with Crippen molar-refractivity contribution in [1.29, 1.82) is 0 Å². The summed E-state index contributed by atoms with van der Waals surface area (Å²) in [5, 5.41) is 9.12. The first kappa shape index (κ1) is 19.6. The van der Waals surface area contributed by atoms with Crippen molar-refractivity contribution in [2.24, 2.45) is 5.92 Å². The first-order valence-corrected chi connectivity index (χ1v) is 9.36. The summed E-state index contributed by atoms with van der Waals surface area (Å²) >= 11 is 0. The van der Waals surface area contributed by atoms with Gasteiger partial charge in [0.05, 0.1) is 5.69 Å². The van der Waals surface area contributed by atoms with E-state index in [1.165, 1.54) is 0 Å². The maximum absolute atomic E-state index is 12.5. The number of aromatic nitrogens is 2. The van der Waals surface area contributed by atoms with Gasteiger partial charge in [0, 0.05) is 17.8 Å². The Morgan fingerprint density at radius 1 is 1.18 bits per heavy atom. The van der Waals surface area contributed by atoms with E-state index in [2.05, 4.69) is 15.7 Å². The van der Waals surface area contributed by atoms with Crippen molar-refractivity contribution in [3.8, 4) is 5.69 Å². The van der Waals surface area contributed by atoms with Gasteiger partial charge in [0.2, 0.25) is 0 Å². The number of imide groups is 1. The quantitative estimate of drug-likeness (QED) is 0.742. The fraction of sp³-hybridized carbons (Fsp3) is 0.400. The first-order chi connectivity index (χ1) is 13.5. The minimum absolute atomic E-state index is 0.230. The van der Waals surface area contributed by atoms with Crippen molar-refractivity contribution >= 4 is 17.9 Å². The fourth-order valence-electron chi connectivity index (χ4n) is 3.09. The molecule has 0 unspecified atom stereocenters. The Morgan fingerprint density at radius 3 is 2.64 bits per heavy atom. The molecule has 1 aliphatic rings. The zero-order valence-electron chi connectivity index (χ0n) is 16.0. The van der Waals surface area contributed by atoms with E-state index in [4.69, 9.17) is 4.74 Å². The van der Waals surface area contributed by atoms with Crippen molar-refractivity contribution in [2.75, 3.05) is 13.2 Å². The summed E-state index contributed by atoms with van der Waals surface area (Å²) in [5.41, 5.74) is 2.97. The van der Waals surface area contributed by atoms with Crippen molar-refractivity contribution in [2.45, 2.75) is 33.1 Å². The van der Waals surface area contributed by atoms with Gasteiger partial charge in [-0.3, -0.25) is 10.1 Å². The van der Waals surface area contributed by atoms with Crippen molar-refractivity contribution in [3.05, 3.63) is 47.3 Å². The van der Waals surface area contributed by atoms with Gasteiger partial charge in [0.15, 0.2) is 12.3 Å². The third-order valence-corrected chi connectivity index (χ3v) is 4.38. The monoisotopic (exact) mass is 384 g/mol. The molecule has 2 N–H and O–H groups in total. The van der Waals surface area contributed by atoms with Crippen LogP contribution >= 0.6 is 0 Å². The second-order valence-corrected chi connectivity index (χ2v) is 7.10. The molecule has 0 spiro atoms. The van der Waals surface area contributed by atoms with Gasteiger partial charge in [-0.05, 0) is 37.3 Å². The lowest BCUT2D eigenvalue weighted by atomic mass is 10.2. The van der Waals surface area contributed by atoms with Gasteiger partial charge in [0.1, 0.15) is 0 Å². The van der Waals surface area contributed by atoms with Crippen LogP contribution in [0.1, 0.15) is 42.0 Å². The molecule has 2 aromatic rings. The molecule has 1 aromatic carbocycles. The Hall–Kier alpha value is -3.16. The Labute approximate surface area is 163 Å². The van der Waals surface area contributed by atoms with Gasteiger partial charge in [-0.15, -0.1) is 0 Å². The van der Waals surface area contributed by atoms with Crippen LogP contribution in [0.2, 0.25) is 0 Å². The second kappa shape index (κ2) is 8.69. The Balaban J connectivity index is 1.62. The zero-order valence-corrected chi connectivity index (χ0v) is 16.0. The molecule has 0 saturated heterocycles. The fourth-order valence-corrected chi connectivity index (χ4v) is 3.09. The number of fused-ring (bicyclic) bond motifs is 1. The summed E-state index contributed by atoms with van der Waals surface area (Å²) < 4.78 is 6.85. The highest BCUT2D eigenvalue weighted by molar-refractivity contribution is 5.97. The second-order valence-electron chi connectivity index (χ2n) is 7.10. The molecule has 3 amide bonds. The number of para-hydroxylation sites is 1. The molecule has 0 saturated carbocycles. The Morgan fingerprint density at radius 2 is 1.93 bits per heavy atom. The van der Waals surface area contributed by atoms with Gasteiger partial charge in [-0.2, -0.15) is 5.10 Å². The maximum atomic E-state index is 12.5. The molecule has 3 rings (SSSR count). The number of carbonyl (C=O) groups is 3. The van der Waals surface area contributed by atoms with E-state index in [9.17, 15) is 14.4 Å². The number of nitrogens with zero attached hydrogens (tertiary/aromatic N) is 2. The van der Waals surface area contributed by atoms with Gasteiger partial charge >= 0.3 is 12.0 Å². The van der Waals surface area contributed by atoms with E-state index < -0.39 is 24.5 Å². The molecule has 8 heteroatoms. The number of hydrogen-bond acceptors (Lipinski definition) is 5. The molecular weight excluding hydrogens is 360 g/mol. The molecule has 0 aliphatic heterocycles. The minimum atomic E-state index is -0.686. The SMILES string of the molecule is CC(C)CNC(=O)NC(=O)COC(=O)c1nn(-c2ccccc2)c2c1CCC2. The summed E-state index contributed by atoms with van der Waals surface area (Å²) in [6, 6.07) is 8.96. The number of rotatable bonds is 6. The van der Waals surface area contributed by atoms with E-state index in [1.807, 2.05) is 44.2 Å². The number of ether oxygens (including phenoxy) is 1. The number of esters is 1. The summed E-state index contributed by atoms with van der Waals surface area (Å²) in [4.78, 5) is 35.9. The van der Waals surface area contributed by atoms with Crippen molar-refractivity contribution < 1.29 is 19.1 Å². The van der Waals surface area contributed by atoms with E-state index >= 15 is 0 Å². The van der Waals surface area contributed by atoms with Crippen LogP contribution in [0.25, 0.3) is 5.69 Å². The molecule has 1 aliphatic carbocycles. The molecule has 148 valence electrons. The van der Waals surface area contributed by atoms with Gasteiger partial charge in [0.25, 0.3) is 5.91 Å². The topological polar surface area (TPSA) is 102 Å². The van der Waals surface area contributed by atoms with E-state index in [-0.39, 0.29) is 11.6 Å². The molecule has 0 radical (unpaired) electrons. The lowest BCUT2D eigenvalue weighted by Crippen LogP contribution is -2.42. The van der Waals surface area contributed by atoms with Gasteiger partial charge < -0.3 is 10.1 Å². The largest absolute Gasteiger partial charge is 0.451 e. The highest BCUT2D eigenvalue weighted by Gasteiger charge is 2.28. The van der Waals surface area contributed by atoms with Crippen molar-refractivity contribution in [1.82, 2.24) is 20.4 Å². The number of hydrogen-bond donors (Lipinski definition) is 2. The molecule has 0 fully saturated rings.